The first-order chi connectivity index (χ1) is 15.1. The highest BCUT2D eigenvalue weighted by Crippen LogP contribution is 2.38. The molecule has 5 rings (SSSR count). The average Bonchev–Trinajstić information content (AvgIpc) is 3.24. The number of aromatic nitrogens is 8. The molecule has 1 fully saturated rings. The number of hydrogen-bond acceptors (Lipinski definition) is 5. The smallest absolute Gasteiger partial charge is 0.338 e. The van der Waals surface area contributed by atoms with Gasteiger partial charge in [0, 0.05) is 36.6 Å². The minimum Gasteiger partial charge on any atom is -0.338 e. The third kappa shape index (κ3) is 3.33. The summed E-state index contributed by atoms with van der Waals surface area (Å²) in [4.78, 5) is 24.8. The Morgan fingerprint density at radius 3 is 2.77 bits per heavy atom. The van der Waals surface area contributed by atoms with Gasteiger partial charge in [0.15, 0.2) is 5.82 Å². The molecule has 4 aromatic rings. The van der Waals surface area contributed by atoms with E-state index in [9.17, 15) is 4.79 Å². The second kappa shape index (κ2) is 7.35. The average molecular weight is 414 g/mol. The largest absolute Gasteiger partial charge is 0.343 e. The van der Waals surface area contributed by atoms with Gasteiger partial charge in [-0.2, -0.15) is 10.2 Å². The molecule has 0 spiro atoms. The molecule has 31 heavy (non-hydrogen) atoms. The number of hydrogen-bond donors (Lipinski definition) is 2. The van der Waals surface area contributed by atoms with Crippen molar-refractivity contribution in [3.05, 3.63) is 64.7 Å². The highest BCUT2D eigenvalue weighted by Gasteiger charge is 2.31. The van der Waals surface area contributed by atoms with Crippen LogP contribution in [0.25, 0.3) is 40.6 Å². The van der Waals surface area contributed by atoms with Crippen molar-refractivity contribution >= 4 is 17.7 Å². The normalized spacial score (nSPS) is 14.2. The van der Waals surface area contributed by atoms with Crippen molar-refractivity contribution in [2.24, 2.45) is 7.05 Å². The molecule has 4 heterocycles. The molecule has 2 N–H and O–H groups in total. The Labute approximate surface area is 178 Å². The van der Waals surface area contributed by atoms with Crippen LogP contribution in [0.15, 0.2) is 42.1 Å². The number of nitrogens with one attached hydrogen (secondary N) is 2. The van der Waals surface area contributed by atoms with Crippen LogP contribution in [0.4, 0.5) is 0 Å². The molecule has 1 saturated carbocycles. The SMILES string of the molecule is C=Cc1cnn(C)c1/C=C(\C)c1[nH]c(-c2ccncc2)nc1-c1n[nH]c(=O)n1C1CC1. The zero-order valence-corrected chi connectivity index (χ0v) is 17.3. The standard InChI is InChI=1S/C22H22N8O/c1-4-14-12-24-29(3)17(14)11-13(2)18-19(21-27-28-22(31)30(21)16-5-6-16)26-20(25-18)15-7-9-23-10-8-15/h4,7-12,16H,1,5-6H2,2-3H3,(H,25,26)(H,28,31)/b13-11+. The van der Waals surface area contributed by atoms with E-state index in [0.29, 0.717) is 17.3 Å². The molecule has 0 atom stereocenters. The van der Waals surface area contributed by atoms with E-state index in [4.69, 9.17) is 4.98 Å². The summed E-state index contributed by atoms with van der Waals surface area (Å²) >= 11 is 0. The monoisotopic (exact) mass is 414 g/mol. The highest BCUT2D eigenvalue weighted by atomic mass is 16.1. The van der Waals surface area contributed by atoms with Gasteiger partial charge in [-0.05, 0) is 43.5 Å². The first kappa shape index (κ1) is 19.0. The van der Waals surface area contributed by atoms with Gasteiger partial charge in [-0.3, -0.25) is 14.2 Å². The predicted octanol–water partition coefficient (Wildman–Crippen LogP) is 3.30. The Morgan fingerprint density at radius 2 is 2.06 bits per heavy atom. The van der Waals surface area contributed by atoms with E-state index in [1.807, 2.05) is 32.2 Å². The molecule has 0 unspecified atom stereocenters. The summed E-state index contributed by atoms with van der Waals surface area (Å²) < 4.78 is 3.51. The number of nitrogens with zero attached hydrogens (tertiary/aromatic N) is 6. The van der Waals surface area contributed by atoms with Gasteiger partial charge >= 0.3 is 5.69 Å². The Balaban J connectivity index is 1.70. The molecule has 0 radical (unpaired) electrons. The topological polar surface area (TPSA) is 110 Å². The van der Waals surface area contributed by atoms with Crippen molar-refractivity contribution in [1.82, 2.24) is 39.5 Å². The molecule has 9 heteroatoms. The summed E-state index contributed by atoms with van der Waals surface area (Å²) in [6, 6.07) is 3.95. The van der Waals surface area contributed by atoms with Crippen molar-refractivity contribution in [3.8, 4) is 22.9 Å². The summed E-state index contributed by atoms with van der Waals surface area (Å²) in [7, 11) is 1.89. The molecule has 4 aromatic heterocycles. The van der Waals surface area contributed by atoms with Gasteiger partial charge in [0.25, 0.3) is 0 Å². The lowest BCUT2D eigenvalue weighted by molar-refractivity contribution is 0.715. The van der Waals surface area contributed by atoms with Crippen LogP contribution in [-0.2, 0) is 7.05 Å². The lowest BCUT2D eigenvalue weighted by atomic mass is 10.1. The fourth-order valence-electron chi connectivity index (χ4n) is 3.69. The highest BCUT2D eigenvalue weighted by molar-refractivity contribution is 5.86. The molecule has 0 saturated heterocycles. The van der Waals surface area contributed by atoms with Crippen LogP contribution in [-0.4, -0.2) is 39.5 Å². The maximum atomic E-state index is 12.4. The molecule has 1 aliphatic rings. The predicted molar refractivity (Wildman–Crippen MR) is 119 cm³/mol. The summed E-state index contributed by atoms with van der Waals surface area (Å²) in [5.74, 6) is 1.23. The zero-order valence-electron chi connectivity index (χ0n) is 17.3. The third-order valence-electron chi connectivity index (χ3n) is 5.47. The van der Waals surface area contributed by atoms with Gasteiger partial charge in [0.2, 0.25) is 0 Å². The second-order valence-corrected chi connectivity index (χ2v) is 7.64. The van der Waals surface area contributed by atoms with E-state index in [-0.39, 0.29) is 11.7 Å². The zero-order chi connectivity index (χ0) is 21.5. The first-order valence-electron chi connectivity index (χ1n) is 10.1. The minimum atomic E-state index is -0.209. The van der Waals surface area contributed by atoms with E-state index in [2.05, 4.69) is 31.8 Å². The molecule has 1 aliphatic carbocycles. The van der Waals surface area contributed by atoms with Crippen LogP contribution in [0.1, 0.15) is 42.8 Å². The lowest BCUT2D eigenvalue weighted by Gasteiger charge is -2.06. The van der Waals surface area contributed by atoms with Crippen molar-refractivity contribution in [1.29, 1.82) is 0 Å². The van der Waals surface area contributed by atoms with Gasteiger partial charge in [0.1, 0.15) is 11.5 Å². The van der Waals surface area contributed by atoms with Crippen LogP contribution in [0, 0.1) is 0 Å². The van der Waals surface area contributed by atoms with Crippen molar-refractivity contribution in [3.63, 3.8) is 0 Å². The number of allylic oxidation sites excluding steroid dienone is 1. The van der Waals surface area contributed by atoms with Crippen LogP contribution in [0.3, 0.4) is 0 Å². The van der Waals surface area contributed by atoms with Crippen molar-refractivity contribution < 1.29 is 0 Å². The van der Waals surface area contributed by atoms with E-state index in [1.165, 1.54) is 0 Å². The quantitative estimate of drug-likeness (QED) is 0.503. The molecule has 0 bridgehead atoms. The summed E-state index contributed by atoms with van der Waals surface area (Å²) in [5, 5.41) is 11.2. The number of pyridine rings is 1. The molecule has 0 aliphatic heterocycles. The van der Waals surface area contributed by atoms with Gasteiger partial charge in [-0.15, -0.1) is 0 Å². The van der Waals surface area contributed by atoms with Crippen LogP contribution >= 0.6 is 0 Å². The van der Waals surface area contributed by atoms with E-state index in [1.54, 1.807) is 33.9 Å². The number of imidazole rings is 1. The fourth-order valence-corrected chi connectivity index (χ4v) is 3.69. The Morgan fingerprint density at radius 1 is 1.29 bits per heavy atom. The van der Waals surface area contributed by atoms with E-state index in [0.717, 1.165) is 40.9 Å². The van der Waals surface area contributed by atoms with Gasteiger partial charge in [-0.1, -0.05) is 12.7 Å². The molecular weight excluding hydrogens is 392 g/mol. The summed E-state index contributed by atoms with van der Waals surface area (Å²) in [6.07, 6.45) is 11.0. The second-order valence-electron chi connectivity index (χ2n) is 7.64. The molecular formula is C22H22N8O. The summed E-state index contributed by atoms with van der Waals surface area (Å²) in [6.45, 7) is 5.87. The molecule has 0 amide bonds. The maximum absolute atomic E-state index is 12.4. The molecule has 9 nitrogen and oxygen atoms in total. The van der Waals surface area contributed by atoms with Crippen molar-refractivity contribution in [2.75, 3.05) is 0 Å². The molecule has 156 valence electrons. The van der Waals surface area contributed by atoms with Gasteiger partial charge in [-0.25, -0.2) is 14.9 Å². The fraction of sp³-hybridized carbons (Fsp3) is 0.227. The summed E-state index contributed by atoms with van der Waals surface area (Å²) in [5.41, 5.74) is 4.93. The lowest BCUT2D eigenvalue weighted by Crippen LogP contribution is -2.16. The number of rotatable bonds is 6. The van der Waals surface area contributed by atoms with Gasteiger partial charge in [0.05, 0.1) is 17.6 Å². The minimum absolute atomic E-state index is 0.170. The van der Waals surface area contributed by atoms with E-state index < -0.39 is 0 Å². The van der Waals surface area contributed by atoms with Gasteiger partial charge < -0.3 is 4.98 Å². The third-order valence-corrected chi connectivity index (χ3v) is 5.47. The van der Waals surface area contributed by atoms with Crippen LogP contribution in [0.5, 0.6) is 0 Å². The van der Waals surface area contributed by atoms with E-state index >= 15 is 0 Å². The van der Waals surface area contributed by atoms with Crippen LogP contribution < -0.4 is 5.69 Å². The Hall–Kier alpha value is -4.01. The Kier molecular flexibility index (Phi) is 4.50. The number of aromatic amines is 2. The van der Waals surface area contributed by atoms with Crippen LogP contribution in [0.2, 0.25) is 0 Å². The Bertz CT molecular complexity index is 1350. The van der Waals surface area contributed by atoms with Crippen molar-refractivity contribution in [2.45, 2.75) is 25.8 Å². The molecule has 0 aromatic carbocycles. The number of aryl methyl sites for hydroxylation is 1. The first-order valence-corrected chi connectivity index (χ1v) is 10.1. The maximum Gasteiger partial charge on any atom is 0.343 e. The number of H-pyrrole nitrogens is 2.